The summed E-state index contributed by atoms with van der Waals surface area (Å²) in [6.45, 7) is 1.60. The highest BCUT2D eigenvalue weighted by atomic mass is 79.9. The van der Waals surface area contributed by atoms with Crippen molar-refractivity contribution in [3.63, 3.8) is 0 Å². The van der Waals surface area contributed by atoms with Crippen molar-refractivity contribution in [2.75, 3.05) is 6.54 Å². The van der Waals surface area contributed by atoms with Crippen molar-refractivity contribution in [3.05, 3.63) is 51.5 Å². The Morgan fingerprint density at radius 3 is 2.94 bits per heavy atom. The lowest BCUT2D eigenvalue weighted by Crippen LogP contribution is -2.27. The number of aromatic hydroxyl groups is 1. The third-order valence-corrected chi connectivity index (χ3v) is 4.19. The predicted octanol–water partition coefficient (Wildman–Crippen LogP) is 3.41. The van der Waals surface area contributed by atoms with Crippen molar-refractivity contribution in [2.24, 2.45) is 0 Å². The minimum atomic E-state index is -0.335. The van der Waals surface area contributed by atoms with Crippen molar-refractivity contribution in [1.82, 2.24) is 5.32 Å². The van der Waals surface area contributed by atoms with Crippen molar-refractivity contribution in [1.29, 1.82) is 0 Å². The number of halogens is 2. The molecule has 2 N–H and O–H groups in total. The van der Waals surface area contributed by atoms with Crippen molar-refractivity contribution < 1.29 is 9.50 Å². The van der Waals surface area contributed by atoms with Gasteiger partial charge in [-0.1, -0.05) is 6.07 Å². The maximum Gasteiger partial charge on any atom is 0.130 e. The van der Waals surface area contributed by atoms with Gasteiger partial charge >= 0.3 is 0 Å². The van der Waals surface area contributed by atoms with Gasteiger partial charge in [0, 0.05) is 30.0 Å². The van der Waals surface area contributed by atoms with Gasteiger partial charge in [0.05, 0.1) is 0 Å². The molecule has 0 spiro atoms. The SMILES string of the molecule is Br.Oc1ccc(C2CNCc3ccsc32)c(F)c1. The van der Waals surface area contributed by atoms with Crippen LogP contribution >= 0.6 is 28.3 Å². The first-order valence-electron chi connectivity index (χ1n) is 5.51. The highest BCUT2D eigenvalue weighted by Gasteiger charge is 2.25. The van der Waals surface area contributed by atoms with E-state index >= 15 is 0 Å². The summed E-state index contributed by atoms with van der Waals surface area (Å²) in [6, 6.07) is 6.47. The van der Waals surface area contributed by atoms with E-state index in [9.17, 15) is 9.50 Å². The van der Waals surface area contributed by atoms with Crippen LogP contribution in [0, 0.1) is 5.82 Å². The average Bonchev–Trinajstić information content (AvgIpc) is 2.77. The predicted molar refractivity (Wildman–Crippen MR) is 76.3 cm³/mol. The van der Waals surface area contributed by atoms with Gasteiger partial charge in [0.1, 0.15) is 11.6 Å². The molecular formula is C13H13BrFNOS. The maximum atomic E-state index is 13.9. The molecule has 2 heterocycles. The average molecular weight is 330 g/mol. The molecule has 1 aliphatic heterocycles. The Hall–Kier alpha value is -0.910. The first kappa shape index (κ1) is 13.5. The van der Waals surface area contributed by atoms with E-state index in [1.54, 1.807) is 23.5 Å². The minimum Gasteiger partial charge on any atom is -0.508 e. The molecule has 5 heteroatoms. The van der Waals surface area contributed by atoms with Gasteiger partial charge in [-0.2, -0.15) is 0 Å². The maximum absolute atomic E-state index is 13.9. The van der Waals surface area contributed by atoms with Crippen LogP contribution in [0.15, 0.2) is 29.6 Å². The van der Waals surface area contributed by atoms with Crippen LogP contribution in [0.5, 0.6) is 5.75 Å². The number of fused-ring (bicyclic) bond motifs is 1. The van der Waals surface area contributed by atoms with Crippen LogP contribution in [0.2, 0.25) is 0 Å². The van der Waals surface area contributed by atoms with Crippen LogP contribution in [0.1, 0.15) is 21.9 Å². The van der Waals surface area contributed by atoms with Crippen molar-refractivity contribution in [2.45, 2.75) is 12.5 Å². The third kappa shape index (κ3) is 2.30. The summed E-state index contributed by atoms with van der Waals surface area (Å²) in [4.78, 5) is 1.23. The number of rotatable bonds is 1. The molecule has 0 bridgehead atoms. The molecule has 0 fully saturated rings. The normalized spacial score (nSPS) is 17.9. The largest absolute Gasteiger partial charge is 0.508 e. The van der Waals surface area contributed by atoms with Gasteiger partial charge in [-0.05, 0) is 28.6 Å². The lowest BCUT2D eigenvalue weighted by molar-refractivity contribution is 0.466. The third-order valence-electron chi connectivity index (χ3n) is 3.12. The summed E-state index contributed by atoms with van der Waals surface area (Å²) in [6.07, 6.45) is 0. The molecule has 0 amide bonds. The van der Waals surface area contributed by atoms with Crippen molar-refractivity contribution in [3.8, 4) is 5.75 Å². The number of hydrogen-bond donors (Lipinski definition) is 2. The van der Waals surface area contributed by atoms with Gasteiger partial charge in [-0.3, -0.25) is 0 Å². The Labute approximate surface area is 119 Å². The Balaban J connectivity index is 0.00000120. The fraction of sp³-hybridized carbons (Fsp3) is 0.231. The Kier molecular flexibility index (Phi) is 4.04. The lowest BCUT2D eigenvalue weighted by Gasteiger charge is -2.24. The number of nitrogens with one attached hydrogen (secondary N) is 1. The molecule has 1 unspecified atom stereocenters. The second-order valence-corrected chi connectivity index (χ2v) is 5.15. The van der Waals surface area contributed by atoms with Crippen LogP contribution < -0.4 is 5.32 Å². The van der Waals surface area contributed by atoms with Gasteiger partial charge in [0.25, 0.3) is 0 Å². The number of hydrogen-bond acceptors (Lipinski definition) is 3. The molecule has 0 saturated heterocycles. The lowest BCUT2D eigenvalue weighted by atomic mass is 9.92. The van der Waals surface area contributed by atoms with E-state index in [1.807, 2.05) is 5.38 Å². The molecule has 0 radical (unpaired) electrons. The number of phenolic OH excluding ortho intramolecular Hbond substituents is 1. The molecule has 1 atom stereocenters. The number of benzene rings is 1. The molecule has 1 aromatic carbocycles. The summed E-state index contributed by atoms with van der Waals surface area (Å²) in [7, 11) is 0. The van der Waals surface area contributed by atoms with Crippen LogP contribution in [0.4, 0.5) is 4.39 Å². The molecule has 2 nitrogen and oxygen atoms in total. The molecule has 1 aromatic heterocycles. The molecule has 18 heavy (non-hydrogen) atoms. The molecule has 0 saturated carbocycles. The summed E-state index contributed by atoms with van der Waals surface area (Å²) in [5.41, 5.74) is 1.90. The van der Waals surface area contributed by atoms with Gasteiger partial charge in [0.2, 0.25) is 0 Å². The topological polar surface area (TPSA) is 32.3 Å². The van der Waals surface area contributed by atoms with Crippen LogP contribution in [-0.2, 0) is 6.54 Å². The second kappa shape index (κ2) is 5.38. The number of thiophene rings is 1. The van der Waals surface area contributed by atoms with E-state index in [2.05, 4.69) is 11.4 Å². The van der Waals surface area contributed by atoms with E-state index in [-0.39, 0.29) is 34.5 Å². The first-order chi connectivity index (χ1) is 8.25. The fourth-order valence-corrected chi connectivity index (χ4v) is 3.34. The Morgan fingerprint density at radius 1 is 1.33 bits per heavy atom. The van der Waals surface area contributed by atoms with Gasteiger partial charge in [0.15, 0.2) is 0 Å². The van der Waals surface area contributed by atoms with Crippen LogP contribution in [0.3, 0.4) is 0 Å². The van der Waals surface area contributed by atoms with E-state index in [0.717, 1.165) is 13.1 Å². The van der Waals surface area contributed by atoms with Crippen molar-refractivity contribution >= 4 is 28.3 Å². The molecule has 3 rings (SSSR count). The standard InChI is InChI=1S/C13H12FNOS.BrH/c14-12-5-9(16)1-2-10(12)11-7-15-6-8-3-4-17-13(8)11;/h1-5,11,15-16H,6-7H2;1H. The second-order valence-electron chi connectivity index (χ2n) is 4.20. The van der Waals surface area contributed by atoms with E-state index < -0.39 is 0 Å². The monoisotopic (exact) mass is 329 g/mol. The smallest absolute Gasteiger partial charge is 0.130 e. The van der Waals surface area contributed by atoms with Gasteiger partial charge in [-0.25, -0.2) is 4.39 Å². The molecule has 96 valence electrons. The molecule has 0 aliphatic carbocycles. The van der Waals surface area contributed by atoms with E-state index in [0.29, 0.717) is 5.56 Å². The van der Waals surface area contributed by atoms with Crippen LogP contribution in [-0.4, -0.2) is 11.7 Å². The van der Waals surface area contributed by atoms with E-state index in [4.69, 9.17) is 0 Å². The fourth-order valence-electron chi connectivity index (χ4n) is 2.29. The zero-order valence-electron chi connectivity index (χ0n) is 9.52. The quantitative estimate of drug-likeness (QED) is 0.840. The highest BCUT2D eigenvalue weighted by Crippen LogP contribution is 2.35. The van der Waals surface area contributed by atoms with Crippen LogP contribution in [0.25, 0.3) is 0 Å². The summed E-state index contributed by atoms with van der Waals surface area (Å²) in [5, 5.41) is 14.6. The first-order valence-corrected chi connectivity index (χ1v) is 6.39. The molecule has 2 aromatic rings. The summed E-state index contributed by atoms with van der Waals surface area (Å²) < 4.78 is 13.9. The molecule has 1 aliphatic rings. The Morgan fingerprint density at radius 2 is 2.17 bits per heavy atom. The van der Waals surface area contributed by atoms with Gasteiger partial charge in [-0.15, -0.1) is 28.3 Å². The summed E-state index contributed by atoms with van der Waals surface area (Å²) in [5.74, 6) is -0.307. The van der Waals surface area contributed by atoms with E-state index in [1.165, 1.54) is 16.5 Å². The minimum absolute atomic E-state index is 0. The Bertz CT molecular complexity index is 558. The highest BCUT2D eigenvalue weighted by molar-refractivity contribution is 8.93. The zero-order chi connectivity index (χ0) is 11.8. The van der Waals surface area contributed by atoms with Gasteiger partial charge < -0.3 is 10.4 Å². The summed E-state index contributed by atoms with van der Waals surface area (Å²) >= 11 is 1.67. The molecular weight excluding hydrogens is 317 g/mol. The number of phenols is 1. The zero-order valence-corrected chi connectivity index (χ0v) is 12.0.